The number of esters is 1. The number of hydrogen-bond acceptors (Lipinski definition) is 3. The molecule has 1 N–H and O–H groups in total. The van der Waals surface area contributed by atoms with Crippen LogP contribution in [0.1, 0.15) is 12.5 Å². The molecular formula is C12H13BrN2O3. The van der Waals surface area contributed by atoms with E-state index < -0.39 is 17.3 Å². The highest BCUT2D eigenvalue weighted by Crippen LogP contribution is 2.25. The molecule has 0 spiro atoms. The van der Waals surface area contributed by atoms with Gasteiger partial charge in [0.15, 0.2) is 0 Å². The third-order valence-electron chi connectivity index (χ3n) is 2.41. The summed E-state index contributed by atoms with van der Waals surface area (Å²) in [6.07, 6.45) is 0. The molecule has 0 bridgehead atoms. The molecule has 1 aromatic rings. The van der Waals surface area contributed by atoms with Crippen LogP contribution < -0.4 is 0 Å². The summed E-state index contributed by atoms with van der Waals surface area (Å²) >= 11 is 3.12. The van der Waals surface area contributed by atoms with Crippen LogP contribution in [0.25, 0.3) is 5.53 Å². The number of carbonyl (C=O) groups excluding carboxylic acids is 1. The molecule has 0 aliphatic carbocycles. The lowest BCUT2D eigenvalue weighted by Gasteiger charge is -2.20. The average Bonchev–Trinajstić information content (AvgIpc) is 2.40. The van der Waals surface area contributed by atoms with Crippen LogP contribution in [-0.4, -0.2) is 33.5 Å². The Morgan fingerprint density at radius 1 is 1.50 bits per heavy atom. The van der Waals surface area contributed by atoms with Crippen molar-refractivity contribution in [3.8, 4) is 0 Å². The van der Waals surface area contributed by atoms with Gasteiger partial charge in [-0.1, -0.05) is 46.3 Å². The topological polar surface area (TPSA) is 82.9 Å². The first-order chi connectivity index (χ1) is 8.60. The van der Waals surface area contributed by atoms with Crippen LogP contribution >= 0.6 is 15.9 Å². The van der Waals surface area contributed by atoms with Crippen molar-refractivity contribution in [1.29, 1.82) is 0 Å². The average molecular weight is 313 g/mol. The molecule has 96 valence electrons. The Labute approximate surface area is 113 Å². The number of aliphatic hydroxyl groups is 1. The molecule has 0 saturated heterocycles. The Balaban J connectivity index is 3.23. The molecule has 1 atom stereocenters. The van der Waals surface area contributed by atoms with Gasteiger partial charge in [0, 0.05) is 5.33 Å². The van der Waals surface area contributed by atoms with Crippen molar-refractivity contribution < 1.29 is 19.4 Å². The van der Waals surface area contributed by atoms with Crippen molar-refractivity contribution in [2.45, 2.75) is 12.5 Å². The third kappa shape index (κ3) is 2.85. The standard InChI is InChI=1S/C12H13BrN2O3/c1-2-18-11(16)10(15-14)12(17,8-13)9-6-4-3-5-7-9/h3-7,17H,2,8H2,1H3. The molecule has 0 fully saturated rings. The van der Waals surface area contributed by atoms with Gasteiger partial charge in [0.2, 0.25) is 5.60 Å². The Morgan fingerprint density at radius 3 is 2.56 bits per heavy atom. The number of halogens is 1. The van der Waals surface area contributed by atoms with E-state index in [1.54, 1.807) is 37.3 Å². The number of alkyl halides is 1. The number of nitrogens with zero attached hydrogens (tertiary/aromatic N) is 2. The summed E-state index contributed by atoms with van der Waals surface area (Å²) in [5.41, 5.74) is 7.21. The molecule has 0 saturated carbocycles. The molecule has 1 unspecified atom stereocenters. The zero-order valence-electron chi connectivity index (χ0n) is 9.84. The number of benzene rings is 1. The highest BCUT2D eigenvalue weighted by atomic mass is 79.9. The molecule has 0 heterocycles. The molecule has 1 rings (SSSR count). The summed E-state index contributed by atoms with van der Waals surface area (Å²) in [4.78, 5) is 14.5. The lowest BCUT2D eigenvalue weighted by Crippen LogP contribution is -2.43. The minimum Gasteiger partial charge on any atom is -0.457 e. The van der Waals surface area contributed by atoms with E-state index >= 15 is 0 Å². The van der Waals surface area contributed by atoms with E-state index in [0.29, 0.717) is 5.56 Å². The van der Waals surface area contributed by atoms with Gasteiger partial charge in [0.25, 0.3) is 0 Å². The zero-order valence-corrected chi connectivity index (χ0v) is 11.4. The Morgan fingerprint density at radius 2 is 2.11 bits per heavy atom. The first kappa shape index (κ1) is 14.6. The van der Waals surface area contributed by atoms with Crippen LogP contribution in [0.5, 0.6) is 0 Å². The molecule has 6 heteroatoms. The van der Waals surface area contributed by atoms with Crippen LogP contribution in [0.2, 0.25) is 0 Å². The van der Waals surface area contributed by atoms with Crippen molar-refractivity contribution in [3.05, 3.63) is 41.4 Å². The van der Waals surface area contributed by atoms with Gasteiger partial charge in [-0.2, -0.15) is 4.79 Å². The van der Waals surface area contributed by atoms with Crippen LogP contribution in [0, 0.1) is 0 Å². The predicted molar refractivity (Wildman–Crippen MR) is 69.4 cm³/mol. The van der Waals surface area contributed by atoms with Crippen LogP contribution in [0.3, 0.4) is 0 Å². The lowest BCUT2D eigenvalue weighted by atomic mass is 9.91. The van der Waals surface area contributed by atoms with E-state index in [2.05, 4.69) is 20.7 Å². The van der Waals surface area contributed by atoms with Crippen molar-refractivity contribution in [1.82, 2.24) is 0 Å². The maximum absolute atomic E-state index is 11.7. The van der Waals surface area contributed by atoms with Crippen molar-refractivity contribution in [3.63, 3.8) is 0 Å². The Hall–Kier alpha value is -1.49. The van der Waals surface area contributed by atoms with Gasteiger partial charge in [-0.05, 0) is 12.5 Å². The lowest BCUT2D eigenvalue weighted by molar-refractivity contribution is -0.143. The van der Waals surface area contributed by atoms with Crippen molar-refractivity contribution in [2.75, 3.05) is 11.9 Å². The number of hydrogen-bond donors (Lipinski definition) is 1. The highest BCUT2D eigenvalue weighted by molar-refractivity contribution is 9.09. The van der Waals surface area contributed by atoms with Crippen molar-refractivity contribution >= 4 is 27.6 Å². The summed E-state index contributed by atoms with van der Waals surface area (Å²) < 4.78 is 4.75. The quantitative estimate of drug-likeness (QED) is 0.294. The van der Waals surface area contributed by atoms with Crippen LogP contribution in [0.15, 0.2) is 30.3 Å². The van der Waals surface area contributed by atoms with Gasteiger partial charge in [0.1, 0.15) is 0 Å². The first-order valence-electron chi connectivity index (χ1n) is 5.33. The fourth-order valence-electron chi connectivity index (χ4n) is 1.48. The van der Waals surface area contributed by atoms with Gasteiger partial charge in [-0.15, -0.1) is 0 Å². The molecule has 0 aliphatic heterocycles. The van der Waals surface area contributed by atoms with E-state index in [0.717, 1.165) is 0 Å². The summed E-state index contributed by atoms with van der Waals surface area (Å²) in [6.45, 7) is 1.76. The number of rotatable bonds is 5. The molecule has 0 amide bonds. The summed E-state index contributed by atoms with van der Waals surface area (Å²) in [6, 6.07) is 8.46. The first-order valence-corrected chi connectivity index (χ1v) is 6.45. The summed E-state index contributed by atoms with van der Waals surface area (Å²) in [5, 5.41) is 10.5. The predicted octanol–water partition coefficient (Wildman–Crippen LogP) is 1.50. The third-order valence-corrected chi connectivity index (χ3v) is 3.22. The molecule has 0 radical (unpaired) electrons. The maximum Gasteiger partial charge on any atom is 0.420 e. The van der Waals surface area contributed by atoms with Gasteiger partial charge < -0.3 is 15.4 Å². The van der Waals surface area contributed by atoms with Crippen molar-refractivity contribution in [2.24, 2.45) is 0 Å². The maximum atomic E-state index is 11.7. The molecule has 18 heavy (non-hydrogen) atoms. The van der Waals surface area contributed by atoms with Gasteiger partial charge in [0.05, 0.1) is 6.61 Å². The smallest absolute Gasteiger partial charge is 0.420 e. The van der Waals surface area contributed by atoms with Gasteiger partial charge in [-0.3, -0.25) is 0 Å². The monoisotopic (exact) mass is 312 g/mol. The molecule has 1 aromatic carbocycles. The van der Waals surface area contributed by atoms with Gasteiger partial charge in [-0.25, -0.2) is 4.79 Å². The summed E-state index contributed by atoms with van der Waals surface area (Å²) in [7, 11) is 0. The molecule has 5 nitrogen and oxygen atoms in total. The second-order valence-corrected chi connectivity index (χ2v) is 4.09. The SMILES string of the molecule is CCOC(=O)C(=[N+]=[N-])C(O)(CBr)c1ccccc1. The van der Waals surface area contributed by atoms with Crippen LogP contribution in [0.4, 0.5) is 0 Å². The molecule has 0 aliphatic rings. The zero-order chi connectivity index (χ0) is 13.6. The van der Waals surface area contributed by atoms with E-state index in [4.69, 9.17) is 10.3 Å². The van der Waals surface area contributed by atoms with Crippen LogP contribution in [-0.2, 0) is 15.1 Å². The minimum atomic E-state index is -1.73. The second-order valence-electron chi connectivity index (χ2n) is 3.53. The van der Waals surface area contributed by atoms with E-state index in [-0.39, 0.29) is 11.9 Å². The van der Waals surface area contributed by atoms with E-state index in [9.17, 15) is 9.90 Å². The second kappa shape index (κ2) is 6.44. The largest absolute Gasteiger partial charge is 0.457 e. The highest BCUT2D eigenvalue weighted by Gasteiger charge is 2.47. The summed E-state index contributed by atoms with van der Waals surface area (Å²) in [5.74, 6) is -0.856. The van der Waals surface area contributed by atoms with E-state index in [1.807, 2.05) is 0 Å². The van der Waals surface area contributed by atoms with E-state index in [1.165, 1.54) is 0 Å². The molecule has 0 aromatic heterocycles. The fraction of sp³-hybridized carbons (Fsp3) is 0.333. The Kier molecular flexibility index (Phi) is 5.22. The molecular weight excluding hydrogens is 300 g/mol. The normalized spacial score (nSPS) is 13.3. The Bertz CT molecular complexity index is 471. The minimum absolute atomic E-state index is 0.00220. The number of carbonyl (C=O) groups is 1. The van der Waals surface area contributed by atoms with Gasteiger partial charge >= 0.3 is 11.7 Å². The fourth-order valence-corrected chi connectivity index (χ4v) is 2.07. The number of ether oxygens (including phenoxy) is 1.